The fourth-order valence-electron chi connectivity index (χ4n) is 4.17. The van der Waals surface area contributed by atoms with E-state index in [2.05, 4.69) is 36.9 Å². The maximum Gasteiger partial charge on any atom is 0.251 e. The highest BCUT2D eigenvalue weighted by atomic mass is 16.1. The van der Waals surface area contributed by atoms with Gasteiger partial charge in [0.1, 0.15) is 11.8 Å². The van der Waals surface area contributed by atoms with Gasteiger partial charge in [-0.25, -0.2) is 4.98 Å². The molecule has 7 nitrogen and oxygen atoms in total. The van der Waals surface area contributed by atoms with Crippen LogP contribution in [0.3, 0.4) is 0 Å². The van der Waals surface area contributed by atoms with E-state index in [1.54, 1.807) is 6.92 Å². The van der Waals surface area contributed by atoms with Crippen LogP contribution in [-0.4, -0.2) is 46.0 Å². The fourth-order valence-corrected chi connectivity index (χ4v) is 4.17. The third-order valence-electron chi connectivity index (χ3n) is 6.03. The number of aryl methyl sites for hydroxylation is 1. The van der Waals surface area contributed by atoms with Gasteiger partial charge in [0.25, 0.3) is 5.56 Å². The van der Waals surface area contributed by atoms with E-state index in [-0.39, 0.29) is 6.99 Å². The lowest BCUT2D eigenvalue weighted by Crippen LogP contribution is -2.46. The first-order valence-electron chi connectivity index (χ1n) is 10.5. The van der Waals surface area contributed by atoms with Gasteiger partial charge in [0.15, 0.2) is 0 Å². The van der Waals surface area contributed by atoms with Crippen LogP contribution in [0.2, 0.25) is 0 Å². The van der Waals surface area contributed by atoms with Gasteiger partial charge in [-0.1, -0.05) is 0 Å². The topological polar surface area (TPSA) is 88.9 Å². The van der Waals surface area contributed by atoms with E-state index < -0.39 is 0 Å². The highest BCUT2D eigenvalue weighted by Crippen LogP contribution is 2.43. The van der Waals surface area contributed by atoms with Crippen LogP contribution < -0.4 is 10.5 Å². The van der Waals surface area contributed by atoms with Crippen LogP contribution in [0.4, 0.5) is 5.69 Å². The Kier molecular flexibility index (Phi) is 4.72. The Morgan fingerprint density at radius 1 is 1.23 bits per heavy atom. The summed E-state index contributed by atoms with van der Waals surface area (Å²) in [5, 5.41) is 9.18. The molecule has 0 aromatic carbocycles. The van der Waals surface area contributed by atoms with Gasteiger partial charge in [0.05, 0.1) is 22.4 Å². The number of nitrogens with one attached hydrogen (secondary N) is 1. The molecule has 0 atom stereocenters. The molecule has 4 heterocycles. The first-order chi connectivity index (χ1) is 14.6. The average Bonchev–Trinajstić information content (AvgIpc) is 3.60. The first-order valence-corrected chi connectivity index (χ1v) is 10.5. The molecule has 0 amide bonds. The largest absolute Gasteiger partial charge is 0.367 e. The molecule has 7 heteroatoms. The van der Waals surface area contributed by atoms with Crippen molar-refractivity contribution >= 4 is 16.7 Å². The number of anilines is 1. The van der Waals surface area contributed by atoms with Crippen molar-refractivity contribution in [1.29, 1.82) is 5.26 Å². The summed E-state index contributed by atoms with van der Waals surface area (Å²) in [4.78, 5) is 28.8. The molecular formula is C23H26N6O. The molecule has 0 spiro atoms. The quantitative estimate of drug-likeness (QED) is 0.722. The van der Waals surface area contributed by atoms with Crippen LogP contribution in [0, 0.1) is 18.3 Å². The summed E-state index contributed by atoms with van der Waals surface area (Å²) in [7, 11) is 0. The van der Waals surface area contributed by atoms with E-state index in [0.717, 1.165) is 55.0 Å². The summed E-state index contributed by atoms with van der Waals surface area (Å²) >= 11 is 0. The Hall–Kier alpha value is -3.24. The zero-order chi connectivity index (χ0) is 20.7. The van der Waals surface area contributed by atoms with Gasteiger partial charge in [-0.3, -0.25) is 14.7 Å². The van der Waals surface area contributed by atoms with Crippen molar-refractivity contribution in [2.75, 3.05) is 31.1 Å². The number of aromatic nitrogens is 3. The number of rotatable bonds is 4. The molecule has 154 valence electrons. The SMILES string of the molecule is Cc1cc2ncc(CN3CCN(c4ccc(C#N)nc4C4CC4)CC3)cc2[nH]c1=O.[HH]. The number of pyridine rings is 3. The van der Waals surface area contributed by atoms with Crippen molar-refractivity contribution in [3.05, 3.63) is 63.3 Å². The van der Waals surface area contributed by atoms with Gasteiger partial charge in [0.2, 0.25) is 0 Å². The third kappa shape index (κ3) is 3.66. The number of piperazine rings is 1. The van der Waals surface area contributed by atoms with Gasteiger partial charge >= 0.3 is 0 Å². The van der Waals surface area contributed by atoms with E-state index in [9.17, 15) is 10.1 Å². The Morgan fingerprint density at radius 3 is 2.77 bits per heavy atom. The normalized spacial score (nSPS) is 17.3. The Bertz CT molecular complexity index is 1200. The molecule has 0 bridgehead atoms. The van der Waals surface area contributed by atoms with E-state index in [0.29, 0.717) is 17.2 Å². The third-order valence-corrected chi connectivity index (χ3v) is 6.03. The molecular weight excluding hydrogens is 376 g/mol. The minimum absolute atomic E-state index is 0. The van der Waals surface area contributed by atoms with Gasteiger partial charge in [0, 0.05) is 51.8 Å². The Labute approximate surface area is 176 Å². The van der Waals surface area contributed by atoms with Crippen molar-refractivity contribution in [1.82, 2.24) is 19.9 Å². The second kappa shape index (κ2) is 7.54. The van der Waals surface area contributed by atoms with Crippen molar-refractivity contribution in [3.8, 4) is 6.07 Å². The summed E-state index contributed by atoms with van der Waals surface area (Å²) in [6.07, 6.45) is 4.25. The fraction of sp³-hybridized carbons (Fsp3) is 0.391. The molecule has 1 saturated heterocycles. The van der Waals surface area contributed by atoms with Gasteiger partial charge in [-0.15, -0.1) is 0 Å². The smallest absolute Gasteiger partial charge is 0.251 e. The number of fused-ring (bicyclic) bond motifs is 1. The van der Waals surface area contributed by atoms with Crippen molar-refractivity contribution in [2.45, 2.75) is 32.2 Å². The van der Waals surface area contributed by atoms with Crippen molar-refractivity contribution in [3.63, 3.8) is 0 Å². The number of nitriles is 1. The lowest BCUT2D eigenvalue weighted by molar-refractivity contribution is 0.249. The van der Waals surface area contributed by atoms with E-state index in [4.69, 9.17) is 0 Å². The zero-order valence-corrected chi connectivity index (χ0v) is 17.1. The summed E-state index contributed by atoms with van der Waals surface area (Å²) in [6, 6.07) is 9.93. The average molecular weight is 403 g/mol. The molecule has 2 fully saturated rings. The maximum absolute atomic E-state index is 11.9. The maximum atomic E-state index is 11.9. The standard InChI is InChI=1S/C23H24N6O.H2/c1-15-10-19-20(27-23(15)30)11-16(13-25-19)14-28-6-8-29(9-7-28)21-5-4-18(12-24)26-22(21)17-2-3-17;/h4-5,10-11,13,17H,2-3,6-9,14H2,1H3,(H,27,30);1H. The summed E-state index contributed by atoms with van der Waals surface area (Å²) in [5.74, 6) is 0.515. The monoisotopic (exact) mass is 402 g/mol. The van der Waals surface area contributed by atoms with Crippen molar-refractivity contribution in [2.24, 2.45) is 0 Å². The van der Waals surface area contributed by atoms with Crippen LogP contribution in [0.15, 0.2) is 35.3 Å². The molecule has 5 rings (SSSR count). The van der Waals surface area contributed by atoms with Crippen LogP contribution >= 0.6 is 0 Å². The summed E-state index contributed by atoms with van der Waals surface area (Å²) in [5.41, 5.74) is 6.14. The molecule has 3 aromatic heterocycles. The van der Waals surface area contributed by atoms with Crippen molar-refractivity contribution < 1.29 is 1.43 Å². The highest BCUT2D eigenvalue weighted by Gasteiger charge is 2.30. The minimum Gasteiger partial charge on any atom is -0.367 e. The summed E-state index contributed by atoms with van der Waals surface area (Å²) < 4.78 is 0. The van der Waals surface area contributed by atoms with Crippen LogP contribution in [-0.2, 0) is 6.54 Å². The van der Waals surface area contributed by atoms with Crippen LogP contribution in [0.1, 0.15) is 42.7 Å². The van der Waals surface area contributed by atoms with Crippen LogP contribution in [0.5, 0.6) is 0 Å². The van der Waals surface area contributed by atoms with E-state index in [1.165, 1.54) is 18.5 Å². The van der Waals surface area contributed by atoms with Gasteiger partial charge < -0.3 is 9.88 Å². The number of nitrogens with zero attached hydrogens (tertiary/aromatic N) is 5. The predicted molar refractivity (Wildman–Crippen MR) is 118 cm³/mol. The van der Waals surface area contributed by atoms with Crippen LogP contribution in [0.25, 0.3) is 11.0 Å². The minimum atomic E-state index is -0.0578. The lowest BCUT2D eigenvalue weighted by atomic mass is 10.1. The number of hydrogen-bond acceptors (Lipinski definition) is 6. The van der Waals surface area contributed by atoms with E-state index >= 15 is 0 Å². The van der Waals surface area contributed by atoms with Gasteiger partial charge in [-0.2, -0.15) is 5.26 Å². The number of aromatic amines is 1. The van der Waals surface area contributed by atoms with Gasteiger partial charge in [-0.05, 0) is 49.6 Å². The second-order valence-electron chi connectivity index (χ2n) is 8.31. The van der Waals surface area contributed by atoms with E-state index in [1.807, 2.05) is 24.4 Å². The molecule has 0 radical (unpaired) electrons. The number of H-pyrrole nitrogens is 1. The summed E-state index contributed by atoms with van der Waals surface area (Å²) in [6.45, 7) is 6.38. The molecule has 1 aliphatic heterocycles. The molecule has 2 aliphatic rings. The Morgan fingerprint density at radius 2 is 2.03 bits per heavy atom. The number of hydrogen-bond donors (Lipinski definition) is 1. The molecule has 1 saturated carbocycles. The molecule has 1 N–H and O–H groups in total. The first kappa shape index (κ1) is 18.8. The lowest BCUT2D eigenvalue weighted by Gasteiger charge is -2.36. The predicted octanol–water partition coefficient (Wildman–Crippen LogP) is 2.94. The molecule has 1 aliphatic carbocycles. The Balaban J connectivity index is 0.00000231. The highest BCUT2D eigenvalue weighted by molar-refractivity contribution is 5.74. The molecule has 0 unspecified atom stereocenters. The zero-order valence-electron chi connectivity index (χ0n) is 17.1. The molecule has 30 heavy (non-hydrogen) atoms. The molecule has 3 aromatic rings. The second-order valence-corrected chi connectivity index (χ2v) is 8.31.